The summed E-state index contributed by atoms with van der Waals surface area (Å²) in [4.78, 5) is 4.41. The molecule has 20 heavy (non-hydrogen) atoms. The van der Waals surface area contributed by atoms with E-state index in [4.69, 9.17) is 16.9 Å². The van der Waals surface area contributed by atoms with Crippen LogP contribution in [-0.4, -0.2) is 9.38 Å². The van der Waals surface area contributed by atoms with Crippen molar-refractivity contribution in [1.82, 2.24) is 9.38 Å². The highest BCUT2D eigenvalue weighted by molar-refractivity contribution is 6.31. The van der Waals surface area contributed by atoms with Gasteiger partial charge in [0.2, 0.25) is 0 Å². The normalized spacial score (nSPS) is 10.6. The molecule has 0 atom stereocenters. The first-order valence-corrected chi connectivity index (χ1v) is 6.77. The molecule has 0 unspecified atom stereocenters. The highest BCUT2D eigenvalue weighted by Crippen LogP contribution is 2.18. The molecule has 0 saturated heterocycles. The van der Waals surface area contributed by atoms with Crippen LogP contribution in [0.3, 0.4) is 0 Å². The summed E-state index contributed by atoms with van der Waals surface area (Å²) in [5.41, 5.74) is 2.42. The van der Waals surface area contributed by atoms with E-state index in [1.165, 1.54) is 0 Å². The molecule has 0 radical (unpaired) electrons. The molecular weight excluding hydrogens is 270 g/mol. The van der Waals surface area contributed by atoms with Crippen molar-refractivity contribution in [2.75, 3.05) is 0 Å². The van der Waals surface area contributed by atoms with Gasteiger partial charge >= 0.3 is 0 Å². The second-order valence-electron chi connectivity index (χ2n) is 4.54. The van der Waals surface area contributed by atoms with Crippen LogP contribution in [-0.2, 0) is 12.8 Å². The lowest BCUT2D eigenvalue weighted by Crippen LogP contribution is -1.98. The number of rotatable bonds is 3. The minimum Gasteiger partial charge on any atom is -0.302 e. The fourth-order valence-corrected chi connectivity index (χ4v) is 2.54. The van der Waals surface area contributed by atoms with Crippen molar-refractivity contribution in [3.8, 4) is 6.07 Å². The minimum atomic E-state index is 0.472. The number of imidazole rings is 1. The third-order valence-corrected chi connectivity index (χ3v) is 3.67. The number of aryl methyl sites for hydroxylation is 2. The number of nitrogens with zero attached hydrogens (tertiary/aromatic N) is 3. The number of nitriles is 1. The number of hydrogen-bond acceptors (Lipinski definition) is 2. The summed E-state index contributed by atoms with van der Waals surface area (Å²) in [5, 5.41) is 9.90. The molecule has 2 aromatic heterocycles. The largest absolute Gasteiger partial charge is 0.302 e. The van der Waals surface area contributed by atoms with Crippen LogP contribution in [0.5, 0.6) is 0 Å². The Morgan fingerprint density at radius 3 is 2.70 bits per heavy atom. The first kappa shape index (κ1) is 12.7. The van der Waals surface area contributed by atoms with Gasteiger partial charge in [-0.05, 0) is 30.2 Å². The third-order valence-electron chi connectivity index (χ3n) is 3.30. The predicted molar refractivity (Wildman–Crippen MR) is 78.8 cm³/mol. The first-order chi connectivity index (χ1) is 9.79. The van der Waals surface area contributed by atoms with E-state index in [2.05, 4.69) is 11.1 Å². The van der Waals surface area contributed by atoms with E-state index in [1.807, 2.05) is 53.1 Å². The molecule has 3 rings (SSSR count). The van der Waals surface area contributed by atoms with Crippen LogP contribution in [0.15, 0.2) is 48.7 Å². The highest BCUT2D eigenvalue weighted by Gasteiger charge is 2.10. The molecule has 3 aromatic rings. The SMILES string of the molecule is N#Cc1nc(CCc2ccccc2Cl)n2ccccc12. The van der Waals surface area contributed by atoms with Gasteiger partial charge in [-0.3, -0.25) is 0 Å². The molecule has 2 heterocycles. The zero-order valence-corrected chi connectivity index (χ0v) is 11.5. The summed E-state index contributed by atoms with van der Waals surface area (Å²) < 4.78 is 1.97. The number of halogens is 1. The zero-order chi connectivity index (χ0) is 13.9. The Morgan fingerprint density at radius 2 is 1.90 bits per heavy atom. The van der Waals surface area contributed by atoms with E-state index in [9.17, 15) is 0 Å². The Kier molecular flexibility index (Phi) is 3.41. The molecule has 1 aromatic carbocycles. The second-order valence-corrected chi connectivity index (χ2v) is 4.94. The minimum absolute atomic E-state index is 0.472. The van der Waals surface area contributed by atoms with Crippen molar-refractivity contribution in [2.24, 2.45) is 0 Å². The van der Waals surface area contributed by atoms with Crippen LogP contribution in [0.2, 0.25) is 5.02 Å². The smallest absolute Gasteiger partial charge is 0.166 e. The molecule has 0 bridgehead atoms. The van der Waals surface area contributed by atoms with Crippen LogP contribution in [0.1, 0.15) is 17.1 Å². The molecule has 98 valence electrons. The first-order valence-electron chi connectivity index (χ1n) is 6.39. The lowest BCUT2D eigenvalue weighted by Gasteiger charge is -2.03. The van der Waals surface area contributed by atoms with Gasteiger partial charge in [0.15, 0.2) is 5.69 Å². The van der Waals surface area contributed by atoms with Gasteiger partial charge in [0.1, 0.15) is 11.9 Å². The molecule has 0 saturated carbocycles. The third kappa shape index (κ3) is 2.26. The number of pyridine rings is 1. The molecule has 0 amide bonds. The predicted octanol–water partition coefficient (Wildman–Crippen LogP) is 3.64. The van der Waals surface area contributed by atoms with Gasteiger partial charge in [-0.25, -0.2) is 4.98 Å². The Morgan fingerprint density at radius 1 is 1.10 bits per heavy atom. The fraction of sp³-hybridized carbons (Fsp3) is 0.125. The highest BCUT2D eigenvalue weighted by atomic mass is 35.5. The lowest BCUT2D eigenvalue weighted by molar-refractivity contribution is 0.853. The topological polar surface area (TPSA) is 41.1 Å². The van der Waals surface area contributed by atoms with Crippen molar-refractivity contribution < 1.29 is 0 Å². The fourth-order valence-electron chi connectivity index (χ4n) is 2.31. The van der Waals surface area contributed by atoms with Gasteiger partial charge in [-0.15, -0.1) is 0 Å². The van der Waals surface area contributed by atoms with Crippen LogP contribution >= 0.6 is 11.6 Å². The number of benzene rings is 1. The van der Waals surface area contributed by atoms with E-state index in [0.29, 0.717) is 5.69 Å². The van der Waals surface area contributed by atoms with Crippen molar-refractivity contribution in [3.05, 3.63) is 70.8 Å². The van der Waals surface area contributed by atoms with E-state index in [-0.39, 0.29) is 0 Å². The lowest BCUT2D eigenvalue weighted by atomic mass is 10.1. The van der Waals surface area contributed by atoms with Crippen molar-refractivity contribution in [3.63, 3.8) is 0 Å². The number of fused-ring (bicyclic) bond motifs is 1. The maximum absolute atomic E-state index is 9.13. The van der Waals surface area contributed by atoms with E-state index in [1.54, 1.807) is 0 Å². The van der Waals surface area contributed by atoms with E-state index < -0.39 is 0 Å². The molecule has 0 aliphatic rings. The van der Waals surface area contributed by atoms with Crippen molar-refractivity contribution in [1.29, 1.82) is 5.26 Å². The maximum Gasteiger partial charge on any atom is 0.166 e. The summed E-state index contributed by atoms with van der Waals surface area (Å²) in [5.74, 6) is 0.886. The van der Waals surface area contributed by atoms with Crippen molar-refractivity contribution in [2.45, 2.75) is 12.8 Å². The summed E-state index contributed by atoms with van der Waals surface area (Å²) in [6.07, 6.45) is 3.49. The van der Waals surface area contributed by atoms with Crippen LogP contribution in [0.25, 0.3) is 5.52 Å². The Labute approximate surface area is 122 Å². The molecule has 0 spiro atoms. The maximum atomic E-state index is 9.13. The zero-order valence-electron chi connectivity index (χ0n) is 10.8. The standard InChI is InChI=1S/C16H12ClN3/c17-13-6-2-1-5-12(13)8-9-16-19-14(11-18)15-7-3-4-10-20(15)16/h1-7,10H,8-9H2. The molecule has 0 aliphatic heterocycles. The average Bonchev–Trinajstić information content (AvgIpc) is 2.85. The van der Waals surface area contributed by atoms with E-state index in [0.717, 1.165) is 34.8 Å². The molecule has 0 aliphatic carbocycles. The van der Waals surface area contributed by atoms with Crippen LogP contribution in [0.4, 0.5) is 0 Å². The van der Waals surface area contributed by atoms with Gasteiger partial charge in [0.05, 0.1) is 5.52 Å². The van der Waals surface area contributed by atoms with Gasteiger partial charge in [0, 0.05) is 17.6 Å². The molecule has 0 fully saturated rings. The summed E-state index contributed by atoms with van der Waals surface area (Å²) in [6.45, 7) is 0. The van der Waals surface area contributed by atoms with Crippen LogP contribution < -0.4 is 0 Å². The van der Waals surface area contributed by atoms with E-state index >= 15 is 0 Å². The van der Waals surface area contributed by atoms with Gasteiger partial charge in [-0.2, -0.15) is 5.26 Å². The summed E-state index contributed by atoms with van der Waals surface area (Å²) in [7, 11) is 0. The van der Waals surface area contributed by atoms with Crippen LogP contribution in [0, 0.1) is 11.3 Å². The van der Waals surface area contributed by atoms with Gasteiger partial charge in [0.25, 0.3) is 0 Å². The number of aromatic nitrogens is 2. The van der Waals surface area contributed by atoms with Gasteiger partial charge < -0.3 is 4.40 Å². The molecular formula is C16H12ClN3. The monoisotopic (exact) mass is 281 g/mol. The quantitative estimate of drug-likeness (QED) is 0.735. The summed E-state index contributed by atoms with van der Waals surface area (Å²) >= 11 is 6.16. The van der Waals surface area contributed by atoms with Gasteiger partial charge in [-0.1, -0.05) is 35.9 Å². The number of hydrogen-bond donors (Lipinski definition) is 0. The molecule has 3 nitrogen and oxygen atoms in total. The molecule has 4 heteroatoms. The summed E-state index contributed by atoms with van der Waals surface area (Å²) in [6, 6.07) is 15.7. The Bertz CT molecular complexity index is 799. The Balaban J connectivity index is 1.92. The second kappa shape index (κ2) is 5.36. The van der Waals surface area contributed by atoms with Crippen molar-refractivity contribution >= 4 is 17.1 Å². The molecule has 0 N–H and O–H groups in total. The average molecular weight is 282 g/mol. The Hall–Kier alpha value is -2.31.